The number of furan rings is 1. The second-order valence-electron chi connectivity index (χ2n) is 6.00. The molecule has 0 aliphatic rings. The van der Waals surface area contributed by atoms with E-state index in [1.54, 1.807) is 36.6 Å². The van der Waals surface area contributed by atoms with E-state index in [9.17, 15) is 4.79 Å². The number of benzene rings is 2. The number of hydrogen-bond acceptors (Lipinski definition) is 6. The Bertz CT molecular complexity index is 1100. The Hall–Kier alpha value is -4.13. The third-order valence-electron chi connectivity index (χ3n) is 3.94. The van der Waals surface area contributed by atoms with Gasteiger partial charge in [0.25, 0.3) is 5.89 Å². The van der Waals surface area contributed by atoms with Gasteiger partial charge in [-0.05, 0) is 42.5 Å². The van der Waals surface area contributed by atoms with E-state index in [0.29, 0.717) is 28.7 Å². The molecule has 0 fully saturated rings. The molecule has 2 heterocycles. The second-order valence-corrected chi connectivity index (χ2v) is 6.00. The highest BCUT2D eigenvalue weighted by molar-refractivity contribution is 6.03. The third kappa shape index (κ3) is 4.78. The van der Waals surface area contributed by atoms with Crippen molar-refractivity contribution >= 4 is 17.7 Å². The molecular weight excluding hydrogens is 370 g/mol. The first-order valence-corrected chi connectivity index (χ1v) is 8.90. The third-order valence-corrected chi connectivity index (χ3v) is 3.94. The fourth-order valence-corrected chi connectivity index (χ4v) is 2.58. The van der Waals surface area contributed by atoms with E-state index in [1.165, 1.54) is 6.08 Å². The van der Waals surface area contributed by atoms with Gasteiger partial charge in [0, 0.05) is 6.08 Å². The van der Waals surface area contributed by atoms with Crippen LogP contribution in [0.4, 0.5) is 5.69 Å². The van der Waals surface area contributed by atoms with Gasteiger partial charge in [-0.25, -0.2) is 0 Å². The van der Waals surface area contributed by atoms with Gasteiger partial charge in [-0.2, -0.15) is 4.98 Å². The van der Waals surface area contributed by atoms with Crippen LogP contribution in [0.15, 0.2) is 88.0 Å². The fraction of sp³-hybridized carbons (Fsp3) is 0.0455. The molecule has 1 N–H and O–H groups in total. The number of nitrogens with zero attached hydrogens (tertiary/aromatic N) is 2. The van der Waals surface area contributed by atoms with Crippen molar-refractivity contribution < 1.29 is 18.5 Å². The summed E-state index contributed by atoms with van der Waals surface area (Å²) in [6.07, 6.45) is 4.52. The van der Waals surface area contributed by atoms with Crippen LogP contribution in [0, 0.1) is 0 Å². The number of ether oxygens (including phenoxy) is 1. The number of aromatic nitrogens is 2. The molecule has 7 heteroatoms. The standard InChI is InChI=1S/C22H17N3O4/c26-21(13-12-17-9-6-14-27-17)23-19-11-5-4-10-18(19)22-24-20(25-29-22)15-28-16-7-2-1-3-8-16/h1-14H,15H2,(H,23,26). The maximum Gasteiger partial charge on any atom is 0.260 e. The zero-order chi connectivity index (χ0) is 19.9. The van der Waals surface area contributed by atoms with E-state index in [4.69, 9.17) is 13.7 Å². The van der Waals surface area contributed by atoms with Gasteiger partial charge in [-0.3, -0.25) is 4.79 Å². The molecule has 0 aliphatic carbocycles. The first kappa shape index (κ1) is 18.2. The minimum absolute atomic E-state index is 0.175. The maximum atomic E-state index is 12.2. The van der Waals surface area contributed by atoms with E-state index < -0.39 is 0 Å². The quantitative estimate of drug-likeness (QED) is 0.468. The molecule has 29 heavy (non-hydrogen) atoms. The molecule has 4 aromatic rings. The van der Waals surface area contributed by atoms with Crippen molar-refractivity contribution in [1.29, 1.82) is 0 Å². The fourth-order valence-electron chi connectivity index (χ4n) is 2.58. The van der Waals surface area contributed by atoms with Crippen molar-refractivity contribution in [3.63, 3.8) is 0 Å². The van der Waals surface area contributed by atoms with Crippen LogP contribution in [-0.2, 0) is 11.4 Å². The Kier molecular flexibility index (Phi) is 5.48. The molecule has 0 saturated heterocycles. The van der Waals surface area contributed by atoms with E-state index in [-0.39, 0.29) is 12.5 Å². The summed E-state index contributed by atoms with van der Waals surface area (Å²) in [5, 5.41) is 6.76. The number of para-hydroxylation sites is 2. The van der Waals surface area contributed by atoms with E-state index in [0.717, 1.165) is 5.75 Å². The molecule has 144 valence electrons. The zero-order valence-electron chi connectivity index (χ0n) is 15.3. The van der Waals surface area contributed by atoms with Crippen molar-refractivity contribution in [3.8, 4) is 17.2 Å². The number of hydrogen-bond donors (Lipinski definition) is 1. The van der Waals surface area contributed by atoms with Crippen LogP contribution >= 0.6 is 0 Å². The summed E-state index contributed by atoms with van der Waals surface area (Å²) in [4.78, 5) is 16.6. The highest BCUT2D eigenvalue weighted by Crippen LogP contribution is 2.26. The number of anilines is 1. The van der Waals surface area contributed by atoms with E-state index in [1.807, 2.05) is 42.5 Å². The summed E-state index contributed by atoms with van der Waals surface area (Å²) in [5.74, 6) is 1.70. The lowest BCUT2D eigenvalue weighted by Crippen LogP contribution is -2.08. The predicted molar refractivity (Wildman–Crippen MR) is 107 cm³/mol. The van der Waals surface area contributed by atoms with Crippen LogP contribution in [0.1, 0.15) is 11.6 Å². The molecule has 7 nitrogen and oxygen atoms in total. The number of carbonyl (C=O) groups excluding carboxylic acids is 1. The smallest absolute Gasteiger partial charge is 0.260 e. The lowest BCUT2D eigenvalue weighted by Gasteiger charge is -2.06. The van der Waals surface area contributed by atoms with Crippen molar-refractivity contribution in [2.45, 2.75) is 6.61 Å². The Labute approximate surface area is 166 Å². The Morgan fingerprint density at radius 2 is 1.86 bits per heavy atom. The molecule has 1 amide bonds. The predicted octanol–water partition coefficient (Wildman–Crippen LogP) is 4.56. The number of carbonyl (C=O) groups is 1. The number of nitrogens with one attached hydrogen (secondary N) is 1. The van der Waals surface area contributed by atoms with E-state index in [2.05, 4.69) is 15.5 Å². The summed E-state index contributed by atoms with van der Waals surface area (Å²) in [7, 11) is 0. The van der Waals surface area contributed by atoms with Crippen LogP contribution in [0.25, 0.3) is 17.5 Å². The van der Waals surface area contributed by atoms with Gasteiger partial charge < -0.3 is 19.0 Å². The Morgan fingerprint density at radius 3 is 2.69 bits per heavy atom. The van der Waals surface area contributed by atoms with Gasteiger partial charge in [0.05, 0.1) is 17.5 Å². The van der Waals surface area contributed by atoms with Crippen molar-refractivity contribution in [3.05, 3.63) is 90.7 Å². The molecule has 0 radical (unpaired) electrons. The Morgan fingerprint density at radius 1 is 1.03 bits per heavy atom. The molecular formula is C22H17N3O4. The van der Waals surface area contributed by atoms with Crippen molar-refractivity contribution in [2.75, 3.05) is 5.32 Å². The lowest BCUT2D eigenvalue weighted by molar-refractivity contribution is -0.111. The van der Waals surface area contributed by atoms with Gasteiger partial charge in [-0.15, -0.1) is 0 Å². The number of amides is 1. The molecule has 0 saturated carbocycles. The summed E-state index contributed by atoms with van der Waals surface area (Å²) in [5.41, 5.74) is 1.17. The molecule has 0 aliphatic heterocycles. The SMILES string of the molecule is O=C(C=Cc1ccco1)Nc1ccccc1-c1nc(COc2ccccc2)no1. The summed E-state index contributed by atoms with van der Waals surface area (Å²) >= 11 is 0. The molecule has 0 bridgehead atoms. The van der Waals surface area contributed by atoms with Gasteiger partial charge >= 0.3 is 0 Å². The van der Waals surface area contributed by atoms with Crippen molar-refractivity contribution in [2.24, 2.45) is 0 Å². The highest BCUT2D eigenvalue weighted by atomic mass is 16.5. The molecule has 2 aromatic carbocycles. The summed E-state index contributed by atoms with van der Waals surface area (Å²) in [6.45, 7) is 0.175. The average molecular weight is 387 g/mol. The molecule has 4 rings (SSSR count). The maximum absolute atomic E-state index is 12.2. The molecule has 2 aromatic heterocycles. The summed E-state index contributed by atoms with van der Waals surface area (Å²) in [6, 6.07) is 20.1. The Balaban J connectivity index is 1.45. The topological polar surface area (TPSA) is 90.4 Å². The monoisotopic (exact) mass is 387 g/mol. The largest absolute Gasteiger partial charge is 0.485 e. The van der Waals surface area contributed by atoms with Gasteiger partial charge in [0.1, 0.15) is 11.5 Å². The van der Waals surface area contributed by atoms with Crippen LogP contribution in [-0.4, -0.2) is 16.0 Å². The average Bonchev–Trinajstić information content (AvgIpc) is 3.44. The molecule has 0 spiro atoms. The van der Waals surface area contributed by atoms with Crippen LogP contribution < -0.4 is 10.1 Å². The normalized spacial score (nSPS) is 10.9. The van der Waals surface area contributed by atoms with Gasteiger partial charge in [-0.1, -0.05) is 35.5 Å². The summed E-state index contributed by atoms with van der Waals surface area (Å²) < 4.78 is 16.2. The zero-order valence-corrected chi connectivity index (χ0v) is 15.3. The van der Waals surface area contributed by atoms with Crippen molar-refractivity contribution in [1.82, 2.24) is 10.1 Å². The molecule has 0 unspecified atom stereocenters. The number of rotatable bonds is 7. The minimum Gasteiger partial charge on any atom is -0.485 e. The van der Waals surface area contributed by atoms with Crippen LogP contribution in [0.2, 0.25) is 0 Å². The first-order chi connectivity index (χ1) is 14.3. The second kappa shape index (κ2) is 8.71. The highest BCUT2D eigenvalue weighted by Gasteiger charge is 2.14. The minimum atomic E-state index is -0.305. The van der Waals surface area contributed by atoms with Gasteiger partial charge in [0.2, 0.25) is 11.7 Å². The first-order valence-electron chi connectivity index (χ1n) is 8.90. The van der Waals surface area contributed by atoms with E-state index >= 15 is 0 Å². The van der Waals surface area contributed by atoms with Crippen LogP contribution in [0.3, 0.4) is 0 Å². The van der Waals surface area contributed by atoms with Gasteiger partial charge in [0.15, 0.2) is 6.61 Å². The van der Waals surface area contributed by atoms with Crippen LogP contribution in [0.5, 0.6) is 5.75 Å². The molecule has 0 atom stereocenters. The lowest BCUT2D eigenvalue weighted by atomic mass is 10.1.